The van der Waals surface area contributed by atoms with Crippen LogP contribution in [-0.4, -0.2) is 25.0 Å². The summed E-state index contributed by atoms with van der Waals surface area (Å²) in [5.41, 5.74) is 0.427. The Labute approximate surface area is 156 Å². The first kappa shape index (κ1) is 19.0. The van der Waals surface area contributed by atoms with E-state index in [4.69, 9.17) is 0 Å². The highest BCUT2D eigenvalue weighted by Gasteiger charge is 2.18. The standard InChI is InChI=1S/C19H18N2O5S/c22-19(18-10-3-6-14-5-1-2-9-17(14)18)11-12-20-27(25,26)16-8-4-7-15(13-16)21(23)24/h1-10,13,19-20,22H,11-12H2. The molecule has 1 atom stereocenters. The second-order valence-electron chi connectivity index (χ2n) is 6.03. The Bertz CT molecular complexity index is 1080. The lowest BCUT2D eigenvalue weighted by Crippen LogP contribution is -2.26. The predicted molar refractivity (Wildman–Crippen MR) is 102 cm³/mol. The van der Waals surface area contributed by atoms with Crippen LogP contribution in [0.4, 0.5) is 5.69 Å². The second-order valence-corrected chi connectivity index (χ2v) is 7.79. The number of hydrogen-bond donors (Lipinski definition) is 2. The van der Waals surface area contributed by atoms with E-state index in [1.54, 1.807) is 0 Å². The van der Waals surface area contributed by atoms with Crippen molar-refractivity contribution in [3.05, 3.63) is 82.4 Å². The molecule has 3 aromatic carbocycles. The van der Waals surface area contributed by atoms with E-state index in [9.17, 15) is 23.6 Å². The molecule has 7 nitrogen and oxygen atoms in total. The van der Waals surface area contributed by atoms with Gasteiger partial charge in [0, 0.05) is 18.7 Å². The third-order valence-electron chi connectivity index (χ3n) is 4.23. The van der Waals surface area contributed by atoms with Crippen molar-refractivity contribution < 1.29 is 18.4 Å². The molecule has 8 heteroatoms. The topological polar surface area (TPSA) is 110 Å². The number of nitrogens with one attached hydrogen (secondary N) is 1. The van der Waals surface area contributed by atoms with E-state index < -0.39 is 21.1 Å². The highest BCUT2D eigenvalue weighted by Crippen LogP contribution is 2.26. The predicted octanol–water partition coefficient (Wildman–Crippen LogP) is 3.15. The maximum absolute atomic E-state index is 12.3. The number of nitro groups is 1. The van der Waals surface area contributed by atoms with Crippen molar-refractivity contribution in [2.75, 3.05) is 6.54 Å². The van der Waals surface area contributed by atoms with Crippen LogP contribution < -0.4 is 4.72 Å². The summed E-state index contributed by atoms with van der Waals surface area (Å²) in [5, 5.41) is 23.2. The molecule has 3 aromatic rings. The Morgan fingerprint density at radius 1 is 1.04 bits per heavy atom. The van der Waals surface area contributed by atoms with E-state index in [0.29, 0.717) is 0 Å². The Morgan fingerprint density at radius 3 is 2.52 bits per heavy atom. The van der Waals surface area contributed by atoms with Gasteiger partial charge in [-0.15, -0.1) is 0 Å². The number of sulfonamides is 1. The molecule has 3 rings (SSSR count). The number of hydrogen-bond acceptors (Lipinski definition) is 5. The molecule has 1 unspecified atom stereocenters. The molecule has 0 fully saturated rings. The fourth-order valence-corrected chi connectivity index (χ4v) is 3.96. The Balaban J connectivity index is 1.70. The zero-order chi connectivity index (χ0) is 19.4. The van der Waals surface area contributed by atoms with Crippen LogP contribution in [0.25, 0.3) is 10.8 Å². The summed E-state index contributed by atoms with van der Waals surface area (Å²) in [4.78, 5) is 9.97. The van der Waals surface area contributed by atoms with Crippen LogP contribution in [0.5, 0.6) is 0 Å². The van der Waals surface area contributed by atoms with Gasteiger partial charge in [0.15, 0.2) is 0 Å². The lowest BCUT2D eigenvalue weighted by Gasteiger charge is -2.14. The molecule has 0 spiro atoms. The highest BCUT2D eigenvalue weighted by molar-refractivity contribution is 7.89. The van der Waals surface area contributed by atoms with E-state index in [0.717, 1.165) is 22.4 Å². The molecule has 0 aromatic heterocycles. The number of aliphatic hydroxyl groups is 1. The molecule has 0 heterocycles. The first-order valence-corrected chi connectivity index (χ1v) is 9.76. The number of rotatable bonds is 7. The fourth-order valence-electron chi connectivity index (χ4n) is 2.87. The Morgan fingerprint density at radius 2 is 1.74 bits per heavy atom. The van der Waals surface area contributed by atoms with Crippen molar-refractivity contribution in [3.63, 3.8) is 0 Å². The van der Waals surface area contributed by atoms with Gasteiger partial charge in [-0.1, -0.05) is 48.5 Å². The van der Waals surface area contributed by atoms with Gasteiger partial charge in [0.25, 0.3) is 5.69 Å². The van der Waals surface area contributed by atoms with Crippen LogP contribution in [0.1, 0.15) is 18.1 Å². The average molecular weight is 386 g/mol. The molecule has 0 bridgehead atoms. The van der Waals surface area contributed by atoms with Crippen LogP contribution in [-0.2, 0) is 10.0 Å². The summed E-state index contributed by atoms with van der Waals surface area (Å²) in [6.07, 6.45) is -0.675. The third-order valence-corrected chi connectivity index (χ3v) is 5.69. The minimum atomic E-state index is -3.90. The number of nitro benzene ring substituents is 1. The van der Waals surface area contributed by atoms with Gasteiger partial charge in [0.2, 0.25) is 10.0 Å². The second kappa shape index (κ2) is 7.83. The normalized spacial score (nSPS) is 12.8. The maximum Gasteiger partial charge on any atom is 0.270 e. The first-order valence-electron chi connectivity index (χ1n) is 8.28. The van der Waals surface area contributed by atoms with Crippen LogP contribution in [0.3, 0.4) is 0 Å². The lowest BCUT2D eigenvalue weighted by molar-refractivity contribution is -0.385. The zero-order valence-corrected chi connectivity index (χ0v) is 15.1. The SMILES string of the molecule is O=[N+]([O-])c1cccc(S(=O)(=O)NCCC(O)c2cccc3ccccc23)c1. The minimum Gasteiger partial charge on any atom is -0.388 e. The van der Waals surface area contributed by atoms with Gasteiger partial charge in [-0.2, -0.15) is 0 Å². The van der Waals surface area contributed by atoms with Crippen molar-refractivity contribution in [1.29, 1.82) is 0 Å². The molecule has 140 valence electrons. The number of nitrogens with zero attached hydrogens (tertiary/aromatic N) is 1. The molecule has 2 N–H and O–H groups in total. The van der Waals surface area contributed by atoms with E-state index in [1.165, 1.54) is 18.2 Å². The van der Waals surface area contributed by atoms with Crippen molar-refractivity contribution in [2.45, 2.75) is 17.4 Å². The number of benzene rings is 3. The molecular weight excluding hydrogens is 368 g/mol. The Hall–Kier alpha value is -2.81. The molecule has 0 aliphatic heterocycles. The highest BCUT2D eigenvalue weighted by atomic mass is 32.2. The van der Waals surface area contributed by atoms with Gasteiger partial charge in [-0.25, -0.2) is 13.1 Å². The molecule has 0 amide bonds. The number of non-ortho nitro benzene ring substituents is 1. The summed E-state index contributed by atoms with van der Waals surface area (Å²) in [6.45, 7) is -0.00455. The summed E-state index contributed by atoms with van der Waals surface area (Å²) in [6, 6.07) is 18.1. The van der Waals surface area contributed by atoms with E-state index in [1.807, 2.05) is 42.5 Å². The average Bonchev–Trinajstić information content (AvgIpc) is 2.67. The molecule has 0 saturated heterocycles. The molecule has 0 saturated carbocycles. The van der Waals surface area contributed by atoms with Crippen LogP contribution in [0, 0.1) is 10.1 Å². The molecular formula is C19H18N2O5S. The van der Waals surface area contributed by atoms with Gasteiger partial charge in [-0.05, 0) is 28.8 Å². The lowest BCUT2D eigenvalue weighted by atomic mass is 9.99. The maximum atomic E-state index is 12.3. The summed E-state index contributed by atoms with van der Waals surface area (Å²) >= 11 is 0. The summed E-state index contributed by atoms with van der Waals surface area (Å²) < 4.78 is 27.0. The summed E-state index contributed by atoms with van der Waals surface area (Å²) in [7, 11) is -3.90. The Kier molecular flexibility index (Phi) is 5.50. The first-order chi connectivity index (χ1) is 12.9. The van der Waals surface area contributed by atoms with Crippen LogP contribution >= 0.6 is 0 Å². The monoisotopic (exact) mass is 386 g/mol. The van der Waals surface area contributed by atoms with Crippen molar-refractivity contribution in [3.8, 4) is 0 Å². The van der Waals surface area contributed by atoms with Gasteiger partial charge >= 0.3 is 0 Å². The molecule has 0 aliphatic rings. The quantitative estimate of drug-likeness (QED) is 0.479. The van der Waals surface area contributed by atoms with E-state index >= 15 is 0 Å². The van der Waals surface area contributed by atoms with Crippen molar-refractivity contribution in [2.24, 2.45) is 0 Å². The van der Waals surface area contributed by atoms with Gasteiger partial charge in [-0.3, -0.25) is 10.1 Å². The largest absolute Gasteiger partial charge is 0.388 e. The number of fused-ring (bicyclic) bond motifs is 1. The number of aliphatic hydroxyl groups excluding tert-OH is 1. The van der Waals surface area contributed by atoms with Crippen molar-refractivity contribution >= 4 is 26.5 Å². The molecule has 27 heavy (non-hydrogen) atoms. The third kappa shape index (κ3) is 4.30. The minimum absolute atomic E-state index is 0.00455. The van der Waals surface area contributed by atoms with Crippen LogP contribution in [0.15, 0.2) is 71.6 Å². The van der Waals surface area contributed by atoms with E-state index in [-0.39, 0.29) is 23.5 Å². The van der Waals surface area contributed by atoms with Crippen molar-refractivity contribution in [1.82, 2.24) is 4.72 Å². The zero-order valence-electron chi connectivity index (χ0n) is 14.3. The molecule has 0 radical (unpaired) electrons. The van der Waals surface area contributed by atoms with Crippen LogP contribution in [0.2, 0.25) is 0 Å². The van der Waals surface area contributed by atoms with Gasteiger partial charge in [0.1, 0.15) is 0 Å². The van der Waals surface area contributed by atoms with E-state index in [2.05, 4.69) is 4.72 Å². The smallest absolute Gasteiger partial charge is 0.270 e. The van der Waals surface area contributed by atoms with Gasteiger partial charge < -0.3 is 5.11 Å². The summed E-state index contributed by atoms with van der Waals surface area (Å²) in [5.74, 6) is 0. The fraction of sp³-hybridized carbons (Fsp3) is 0.158. The molecule has 0 aliphatic carbocycles. The van der Waals surface area contributed by atoms with Gasteiger partial charge in [0.05, 0.1) is 15.9 Å².